The Morgan fingerprint density at radius 1 is 0.971 bits per heavy atom. The van der Waals surface area contributed by atoms with Crippen LogP contribution in [0.4, 0.5) is 4.79 Å². The smallest absolute Gasteiger partial charge is 0.320 e. The molecule has 1 aliphatic heterocycles. The highest BCUT2D eigenvalue weighted by molar-refractivity contribution is 6.33. The second-order valence-electron chi connectivity index (χ2n) is 8.99. The number of hydrogen-bond acceptors (Lipinski definition) is 2. The molecule has 178 valence electrons. The van der Waals surface area contributed by atoms with E-state index in [1.54, 1.807) is 0 Å². The van der Waals surface area contributed by atoms with Crippen molar-refractivity contribution in [2.45, 2.75) is 33.4 Å². The maximum absolute atomic E-state index is 13.3. The molecule has 3 aromatic carbocycles. The number of aryl methyl sites for hydroxylation is 1. The van der Waals surface area contributed by atoms with Gasteiger partial charge in [-0.15, -0.1) is 0 Å². The van der Waals surface area contributed by atoms with E-state index in [1.807, 2.05) is 36.9 Å². The van der Waals surface area contributed by atoms with Crippen LogP contribution in [0.25, 0.3) is 11.1 Å². The van der Waals surface area contributed by atoms with Crippen molar-refractivity contribution in [1.29, 1.82) is 0 Å². The van der Waals surface area contributed by atoms with E-state index in [0.717, 1.165) is 55.4 Å². The molecule has 0 aromatic heterocycles. The van der Waals surface area contributed by atoms with E-state index in [0.29, 0.717) is 0 Å². The first-order chi connectivity index (χ1) is 16.5. The predicted octanol–water partition coefficient (Wildman–Crippen LogP) is 6.64. The Morgan fingerprint density at radius 2 is 1.68 bits per heavy atom. The number of hydrogen-bond donors (Lipinski definition) is 0. The van der Waals surface area contributed by atoms with Crippen LogP contribution in [-0.2, 0) is 6.54 Å². The molecule has 0 spiro atoms. The molecule has 4 nitrogen and oxygen atoms in total. The molecule has 5 heteroatoms. The van der Waals surface area contributed by atoms with Crippen LogP contribution in [0.3, 0.4) is 0 Å². The molecule has 1 atom stereocenters. The normalized spacial score (nSPS) is 16.5. The standard InChI is InChI=1S/C29H34ClN3O/c1-4-32(5-2)29(34)33-18-17-31(21-28(33)25-9-7-6-8-10-25)20-23-12-14-24(15-13-23)26-19-22(3)11-16-27(26)30/h6-16,19,28H,4-5,17-18,20-21H2,1-3H3. The average molecular weight is 476 g/mol. The van der Waals surface area contributed by atoms with Crippen molar-refractivity contribution in [3.05, 3.63) is 94.5 Å². The van der Waals surface area contributed by atoms with Gasteiger partial charge in [0.05, 0.1) is 6.04 Å². The van der Waals surface area contributed by atoms with Crippen LogP contribution >= 0.6 is 11.6 Å². The second-order valence-corrected chi connectivity index (χ2v) is 9.40. The van der Waals surface area contributed by atoms with Crippen LogP contribution < -0.4 is 0 Å². The van der Waals surface area contributed by atoms with Crippen molar-refractivity contribution in [2.24, 2.45) is 0 Å². The summed E-state index contributed by atoms with van der Waals surface area (Å²) in [5, 5.41) is 0.776. The zero-order chi connectivity index (χ0) is 24.1. The van der Waals surface area contributed by atoms with Gasteiger partial charge >= 0.3 is 6.03 Å². The lowest BCUT2D eigenvalue weighted by Crippen LogP contribution is -2.54. The van der Waals surface area contributed by atoms with Crippen LogP contribution in [0, 0.1) is 6.92 Å². The summed E-state index contributed by atoms with van der Waals surface area (Å²) < 4.78 is 0. The molecule has 1 fully saturated rings. The van der Waals surface area contributed by atoms with Crippen molar-refractivity contribution < 1.29 is 4.79 Å². The first-order valence-corrected chi connectivity index (χ1v) is 12.6. The van der Waals surface area contributed by atoms with E-state index in [4.69, 9.17) is 11.6 Å². The van der Waals surface area contributed by atoms with Crippen molar-refractivity contribution >= 4 is 17.6 Å². The number of benzene rings is 3. The minimum Gasteiger partial charge on any atom is -0.325 e. The molecule has 4 rings (SSSR count). The van der Waals surface area contributed by atoms with Gasteiger partial charge in [0.25, 0.3) is 0 Å². The molecule has 2 amide bonds. The molecule has 1 saturated heterocycles. The maximum atomic E-state index is 13.3. The summed E-state index contributed by atoms with van der Waals surface area (Å²) in [7, 11) is 0. The third kappa shape index (κ3) is 5.45. The van der Waals surface area contributed by atoms with Crippen LogP contribution in [0.5, 0.6) is 0 Å². The van der Waals surface area contributed by atoms with Gasteiger partial charge in [-0.2, -0.15) is 0 Å². The van der Waals surface area contributed by atoms with Crippen molar-refractivity contribution in [1.82, 2.24) is 14.7 Å². The fourth-order valence-electron chi connectivity index (χ4n) is 4.76. The summed E-state index contributed by atoms with van der Waals surface area (Å²) in [6.07, 6.45) is 0. The fraction of sp³-hybridized carbons (Fsp3) is 0.345. The molecule has 34 heavy (non-hydrogen) atoms. The van der Waals surface area contributed by atoms with Gasteiger partial charge in [0.2, 0.25) is 0 Å². The Balaban J connectivity index is 1.50. The molecule has 1 unspecified atom stereocenters. The number of amides is 2. The quantitative estimate of drug-likeness (QED) is 0.399. The largest absolute Gasteiger partial charge is 0.325 e. The number of carbonyl (C=O) groups excluding carboxylic acids is 1. The summed E-state index contributed by atoms with van der Waals surface area (Å²) in [5.74, 6) is 0. The number of rotatable bonds is 6. The minimum absolute atomic E-state index is 0.0495. The van der Waals surface area contributed by atoms with Gasteiger partial charge in [0.15, 0.2) is 0 Å². The van der Waals surface area contributed by atoms with Crippen molar-refractivity contribution in [3.8, 4) is 11.1 Å². The maximum Gasteiger partial charge on any atom is 0.320 e. The molecule has 0 radical (unpaired) electrons. The zero-order valence-electron chi connectivity index (χ0n) is 20.4. The van der Waals surface area contributed by atoms with Crippen LogP contribution in [-0.4, -0.2) is 53.5 Å². The summed E-state index contributed by atoms with van der Waals surface area (Å²) in [6, 6.07) is 25.4. The molecule has 0 bridgehead atoms. The topological polar surface area (TPSA) is 26.8 Å². The minimum atomic E-state index is 0.0495. The first kappa shape index (κ1) is 24.3. The number of halogens is 1. The molecular weight excluding hydrogens is 442 g/mol. The SMILES string of the molecule is CCN(CC)C(=O)N1CCN(Cc2ccc(-c3cc(C)ccc3Cl)cc2)CC1c1ccccc1. The Hall–Kier alpha value is -2.82. The van der Waals surface area contributed by atoms with Crippen LogP contribution in [0.2, 0.25) is 5.02 Å². The number of piperazine rings is 1. The molecule has 1 aliphatic rings. The highest BCUT2D eigenvalue weighted by atomic mass is 35.5. The summed E-state index contributed by atoms with van der Waals surface area (Å²) >= 11 is 6.44. The Bertz CT molecular complexity index is 1100. The van der Waals surface area contributed by atoms with E-state index in [-0.39, 0.29) is 12.1 Å². The molecular formula is C29H34ClN3O. The number of carbonyl (C=O) groups is 1. The number of urea groups is 1. The van der Waals surface area contributed by atoms with E-state index in [1.165, 1.54) is 16.7 Å². The van der Waals surface area contributed by atoms with Gasteiger partial charge in [-0.25, -0.2) is 4.79 Å². The molecule has 3 aromatic rings. The highest BCUT2D eigenvalue weighted by Gasteiger charge is 2.33. The number of nitrogens with zero attached hydrogens (tertiary/aromatic N) is 3. The van der Waals surface area contributed by atoms with Gasteiger partial charge < -0.3 is 9.80 Å². The Labute approximate surface area is 208 Å². The zero-order valence-corrected chi connectivity index (χ0v) is 21.1. The van der Waals surface area contributed by atoms with E-state index < -0.39 is 0 Å². The molecule has 0 N–H and O–H groups in total. The monoisotopic (exact) mass is 475 g/mol. The lowest BCUT2D eigenvalue weighted by atomic mass is 10.0. The molecule has 0 aliphatic carbocycles. The summed E-state index contributed by atoms with van der Waals surface area (Å²) in [5.41, 5.74) is 5.86. The first-order valence-electron chi connectivity index (χ1n) is 12.2. The van der Waals surface area contributed by atoms with Gasteiger partial charge in [-0.1, -0.05) is 77.8 Å². The van der Waals surface area contributed by atoms with E-state index in [2.05, 4.69) is 71.3 Å². The fourth-order valence-corrected chi connectivity index (χ4v) is 4.98. The van der Waals surface area contributed by atoms with Gasteiger partial charge in [-0.05, 0) is 49.6 Å². The lowest BCUT2D eigenvalue weighted by molar-refractivity contribution is 0.0722. The predicted molar refractivity (Wildman–Crippen MR) is 141 cm³/mol. The molecule has 1 heterocycles. The van der Waals surface area contributed by atoms with E-state index >= 15 is 0 Å². The lowest BCUT2D eigenvalue weighted by Gasteiger charge is -2.43. The van der Waals surface area contributed by atoms with Gasteiger partial charge in [-0.3, -0.25) is 4.90 Å². The van der Waals surface area contributed by atoms with Gasteiger partial charge in [0, 0.05) is 49.9 Å². The summed E-state index contributed by atoms with van der Waals surface area (Å²) in [4.78, 5) is 19.7. The third-order valence-electron chi connectivity index (χ3n) is 6.72. The molecule has 0 saturated carbocycles. The van der Waals surface area contributed by atoms with E-state index in [9.17, 15) is 4.79 Å². The van der Waals surface area contributed by atoms with Crippen LogP contribution in [0.15, 0.2) is 72.8 Å². The Morgan fingerprint density at radius 3 is 2.35 bits per heavy atom. The van der Waals surface area contributed by atoms with Crippen LogP contribution in [0.1, 0.15) is 36.6 Å². The van der Waals surface area contributed by atoms with Gasteiger partial charge in [0.1, 0.15) is 0 Å². The highest BCUT2D eigenvalue weighted by Crippen LogP contribution is 2.30. The third-order valence-corrected chi connectivity index (χ3v) is 7.05. The Kier molecular flexibility index (Phi) is 7.91. The summed E-state index contributed by atoms with van der Waals surface area (Å²) in [6.45, 7) is 10.9. The second kappa shape index (κ2) is 11.1. The van der Waals surface area contributed by atoms with Crippen molar-refractivity contribution in [2.75, 3.05) is 32.7 Å². The average Bonchev–Trinajstić information content (AvgIpc) is 2.87. The van der Waals surface area contributed by atoms with Crippen molar-refractivity contribution in [3.63, 3.8) is 0 Å².